The van der Waals surface area contributed by atoms with Crippen LogP contribution in [0, 0.1) is 10.1 Å². The van der Waals surface area contributed by atoms with Crippen molar-refractivity contribution >= 4 is 17.0 Å². The lowest BCUT2D eigenvalue weighted by Crippen LogP contribution is -1.93. The molecule has 0 aliphatic heterocycles. The summed E-state index contributed by atoms with van der Waals surface area (Å²) in [5, 5.41) is 24.7. The van der Waals surface area contributed by atoms with Gasteiger partial charge in [-0.05, 0) is 18.4 Å². The first-order chi connectivity index (χ1) is 9.69. The molecule has 3 aromatic heterocycles. The molecule has 3 rings (SSSR count). The zero-order valence-electron chi connectivity index (χ0n) is 10.4. The predicted octanol–water partition coefficient (Wildman–Crippen LogP) is 2.59. The number of rotatable bonds is 4. The van der Waals surface area contributed by atoms with Gasteiger partial charge < -0.3 is 4.42 Å². The SMILES string of the molecule is CCn1cc([N+](=O)[O-])c(-c2nnc(-c3cccs3)o2)n1. The van der Waals surface area contributed by atoms with E-state index in [1.807, 2.05) is 24.4 Å². The Morgan fingerprint density at radius 3 is 2.90 bits per heavy atom. The highest BCUT2D eigenvalue weighted by atomic mass is 32.1. The van der Waals surface area contributed by atoms with Crippen LogP contribution in [0.15, 0.2) is 28.1 Å². The van der Waals surface area contributed by atoms with Crippen molar-refractivity contribution in [2.75, 3.05) is 0 Å². The van der Waals surface area contributed by atoms with E-state index in [1.165, 1.54) is 22.2 Å². The molecule has 0 spiro atoms. The van der Waals surface area contributed by atoms with Crippen molar-refractivity contribution in [1.29, 1.82) is 0 Å². The van der Waals surface area contributed by atoms with Crippen LogP contribution in [-0.4, -0.2) is 24.9 Å². The van der Waals surface area contributed by atoms with Gasteiger partial charge in [0.1, 0.15) is 6.20 Å². The van der Waals surface area contributed by atoms with E-state index in [0.717, 1.165) is 4.88 Å². The van der Waals surface area contributed by atoms with Crippen molar-refractivity contribution < 1.29 is 9.34 Å². The van der Waals surface area contributed by atoms with Gasteiger partial charge in [0.2, 0.25) is 5.69 Å². The number of hydrogen-bond donors (Lipinski definition) is 0. The molecule has 102 valence electrons. The molecule has 0 amide bonds. The minimum absolute atomic E-state index is 0.0484. The molecule has 0 saturated carbocycles. The minimum atomic E-state index is -0.510. The number of aryl methyl sites for hydroxylation is 1. The molecule has 0 bridgehead atoms. The highest BCUT2D eigenvalue weighted by Crippen LogP contribution is 2.30. The lowest BCUT2D eigenvalue weighted by molar-refractivity contribution is -0.384. The van der Waals surface area contributed by atoms with Crippen LogP contribution in [0.3, 0.4) is 0 Å². The quantitative estimate of drug-likeness (QED) is 0.541. The molecule has 0 radical (unpaired) electrons. The van der Waals surface area contributed by atoms with Gasteiger partial charge in [-0.3, -0.25) is 14.8 Å². The summed E-state index contributed by atoms with van der Waals surface area (Å²) >= 11 is 1.45. The van der Waals surface area contributed by atoms with E-state index in [2.05, 4.69) is 15.3 Å². The first-order valence-electron chi connectivity index (χ1n) is 5.78. The predicted molar refractivity (Wildman–Crippen MR) is 71.2 cm³/mol. The lowest BCUT2D eigenvalue weighted by atomic mass is 10.4. The second kappa shape index (κ2) is 4.85. The van der Waals surface area contributed by atoms with Gasteiger partial charge in [0, 0.05) is 6.54 Å². The summed E-state index contributed by atoms with van der Waals surface area (Å²) in [5.74, 6) is 0.377. The fourth-order valence-electron chi connectivity index (χ4n) is 1.68. The fourth-order valence-corrected chi connectivity index (χ4v) is 2.32. The Bertz CT molecular complexity index is 746. The standard InChI is InChI=1S/C11H9N5O3S/c1-2-15-6-7(16(17)18)9(14-15)11-13-12-10(19-11)8-4-3-5-20-8/h3-6H,2H2,1H3. The Hall–Kier alpha value is -2.55. The molecule has 20 heavy (non-hydrogen) atoms. The zero-order chi connectivity index (χ0) is 14.1. The van der Waals surface area contributed by atoms with E-state index in [-0.39, 0.29) is 17.3 Å². The first kappa shape index (κ1) is 12.5. The van der Waals surface area contributed by atoms with Gasteiger partial charge >= 0.3 is 5.69 Å². The molecule has 8 nitrogen and oxygen atoms in total. The number of nitro groups is 1. The number of aromatic nitrogens is 4. The minimum Gasteiger partial charge on any atom is -0.413 e. The van der Waals surface area contributed by atoms with Crippen molar-refractivity contribution in [3.8, 4) is 22.4 Å². The third-order valence-corrected chi connectivity index (χ3v) is 3.48. The summed E-state index contributed by atoms with van der Waals surface area (Å²) in [6.07, 6.45) is 1.35. The second-order valence-electron chi connectivity index (χ2n) is 3.87. The van der Waals surface area contributed by atoms with Crippen LogP contribution in [0.2, 0.25) is 0 Å². The maximum Gasteiger partial charge on any atom is 0.320 e. The van der Waals surface area contributed by atoms with E-state index in [4.69, 9.17) is 4.42 Å². The Balaban J connectivity index is 2.05. The molecular formula is C11H9N5O3S. The van der Waals surface area contributed by atoms with E-state index in [0.29, 0.717) is 12.4 Å². The van der Waals surface area contributed by atoms with E-state index in [9.17, 15) is 10.1 Å². The average Bonchev–Trinajstić information content (AvgIpc) is 3.17. The molecule has 0 aliphatic carbocycles. The Morgan fingerprint density at radius 1 is 1.45 bits per heavy atom. The molecule has 3 aromatic rings. The Kier molecular flexibility index (Phi) is 3.03. The molecule has 0 unspecified atom stereocenters. The molecule has 0 aliphatic rings. The summed E-state index contributed by atoms with van der Waals surface area (Å²) in [6.45, 7) is 2.36. The van der Waals surface area contributed by atoms with Crippen LogP contribution in [0.1, 0.15) is 6.92 Å². The van der Waals surface area contributed by atoms with Crippen LogP contribution in [0.4, 0.5) is 5.69 Å². The normalized spacial score (nSPS) is 10.8. The zero-order valence-corrected chi connectivity index (χ0v) is 11.2. The summed E-state index contributed by atoms with van der Waals surface area (Å²) in [4.78, 5) is 11.3. The van der Waals surface area contributed by atoms with E-state index < -0.39 is 4.92 Å². The molecule has 0 atom stereocenters. The number of nitrogens with zero attached hydrogens (tertiary/aromatic N) is 5. The third-order valence-electron chi connectivity index (χ3n) is 2.62. The van der Waals surface area contributed by atoms with Crippen LogP contribution in [0.25, 0.3) is 22.4 Å². The molecule has 0 N–H and O–H groups in total. The number of hydrogen-bond acceptors (Lipinski definition) is 7. The largest absolute Gasteiger partial charge is 0.413 e. The summed E-state index contributed by atoms with van der Waals surface area (Å²) in [6, 6.07) is 3.69. The summed E-state index contributed by atoms with van der Waals surface area (Å²) < 4.78 is 6.93. The maximum absolute atomic E-state index is 11.0. The molecule has 9 heteroatoms. The summed E-state index contributed by atoms with van der Waals surface area (Å²) in [7, 11) is 0. The molecule has 3 heterocycles. The highest BCUT2D eigenvalue weighted by molar-refractivity contribution is 7.13. The van der Waals surface area contributed by atoms with Crippen LogP contribution >= 0.6 is 11.3 Å². The topological polar surface area (TPSA) is 99.9 Å². The second-order valence-corrected chi connectivity index (χ2v) is 4.81. The van der Waals surface area contributed by atoms with Crippen LogP contribution < -0.4 is 0 Å². The number of thiophene rings is 1. The van der Waals surface area contributed by atoms with Crippen molar-refractivity contribution in [2.24, 2.45) is 0 Å². The molecule has 0 aromatic carbocycles. The van der Waals surface area contributed by atoms with Gasteiger partial charge in [0.05, 0.1) is 9.80 Å². The smallest absolute Gasteiger partial charge is 0.320 e. The van der Waals surface area contributed by atoms with Gasteiger partial charge in [-0.1, -0.05) is 6.07 Å². The molecule has 0 fully saturated rings. The Labute approximate surface area is 116 Å². The molecule has 0 saturated heterocycles. The maximum atomic E-state index is 11.0. The lowest BCUT2D eigenvalue weighted by Gasteiger charge is -1.90. The van der Waals surface area contributed by atoms with Crippen LogP contribution in [0.5, 0.6) is 0 Å². The van der Waals surface area contributed by atoms with Gasteiger partial charge in [-0.15, -0.1) is 21.5 Å². The van der Waals surface area contributed by atoms with Crippen molar-refractivity contribution in [3.05, 3.63) is 33.8 Å². The van der Waals surface area contributed by atoms with E-state index in [1.54, 1.807) is 0 Å². The highest BCUT2D eigenvalue weighted by Gasteiger charge is 2.25. The average molecular weight is 291 g/mol. The van der Waals surface area contributed by atoms with Gasteiger partial charge in [-0.2, -0.15) is 5.10 Å². The van der Waals surface area contributed by atoms with Gasteiger partial charge in [0.25, 0.3) is 11.8 Å². The monoisotopic (exact) mass is 291 g/mol. The fraction of sp³-hybridized carbons (Fsp3) is 0.182. The van der Waals surface area contributed by atoms with Gasteiger partial charge in [0.15, 0.2) is 0 Å². The van der Waals surface area contributed by atoms with Crippen molar-refractivity contribution in [1.82, 2.24) is 20.0 Å². The Morgan fingerprint density at radius 2 is 2.25 bits per heavy atom. The van der Waals surface area contributed by atoms with Crippen molar-refractivity contribution in [2.45, 2.75) is 13.5 Å². The first-order valence-corrected chi connectivity index (χ1v) is 6.66. The van der Waals surface area contributed by atoms with E-state index >= 15 is 0 Å². The third kappa shape index (κ3) is 2.07. The van der Waals surface area contributed by atoms with Gasteiger partial charge in [-0.25, -0.2) is 0 Å². The summed E-state index contributed by atoms with van der Waals surface area (Å²) in [5.41, 5.74) is -0.0552. The van der Waals surface area contributed by atoms with Crippen LogP contribution in [-0.2, 0) is 6.54 Å². The van der Waals surface area contributed by atoms with Crippen molar-refractivity contribution in [3.63, 3.8) is 0 Å². The molecular weight excluding hydrogens is 282 g/mol.